The molecule has 5 heteroatoms. The Hall–Kier alpha value is -0.700. The molecule has 0 saturated carbocycles. The van der Waals surface area contributed by atoms with E-state index in [1.54, 1.807) is 51.5 Å². The van der Waals surface area contributed by atoms with Gasteiger partial charge in [-0.05, 0) is 29.1 Å². The molecular formula is C28H29Cl2SSiZr. The number of hydrogen-bond acceptors (Lipinski definition) is 1. The fourth-order valence-corrected chi connectivity index (χ4v) is 13.8. The second-order valence-electron chi connectivity index (χ2n) is 9.82. The Kier molecular flexibility index (Phi) is 8.24. The van der Waals surface area contributed by atoms with Crippen molar-refractivity contribution >= 4 is 30.7 Å². The van der Waals surface area contributed by atoms with Gasteiger partial charge in [0.05, 0.1) is 8.07 Å². The number of hydrogen-bond donors (Lipinski definition) is 0. The first-order valence-corrected chi connectivity index (χ1v) is 16.6. The van der Waals surface area contributed by atoms with Crippen molar-refractivity contribution in [2.45, 2.75) is 43.0 Å². The molecule has 2 aliphatic heterocycles. The molecular weight excluding hydrogens is 559 g/mol. The number of fused-ring (bicyclic) bond motifs is 1. The van der Waals surface area contributed by atoms with Crippen LogP contribution in [0.2, 0.25) is 13.1 Å². The van der Waals surface area contributed by atoms with Crippen molar-refractivity contribution in [3.8, 4) is 11.1 Å². The third-order valence-electron chi connectivity index (χ3n) is 7.27. The molecule has 169 valence electrons. The molecule has 4 aliphatic rings. The number of allylic oxidation sites excluding steroid dienone is 2. The van der Waals surface area contributed by atoms with Gasteiger partial charge in [-0.1, -0.05) is 18.7 Å². The summed E-state index contributed by atoms with van der Waals surface area (Å²) >= 11 is 3.54. The minimum absolute atomic E-state index is 0. The van der Waals surface area contributed by atoms with E-state index in [1.807, 2.05) is 11.3 Å². The van der Waals surface area contributed by atoms with Crippen LogP contribution in [0.1, 0.15) is 51.5 Å². The monoisotopic (exact) mass is 585 g/mol. The van der Waals surface area contributed by atoms with Crippen LogP contribution in [0.3, 0.4) is 0 Å². The van der Waals surface area contributed by atoms with Gasteiger partial charge >= 0.3 is 131 Å². The van der Waals surface area contributed by atoms with E-state index in [4.69, 9.17) is 0 Å². The molecule has 0 spiro atoms. The van der Waals surface area contributed by atoms with E-state index < -0.39 is 8.07 Å². The third-order valence-corrected chi connectivity index (χ3v) is 14.1. The van der Waals surface area contributed by atoms with Crippen molar-refractivity contribution in [3.05, 3.63) is 92.7 Å². The fraction of sp³-hybridized carbons (Fsp3) is 0.286. The van der Waals surface area contributed by atoms with Crippen LogP contribution in [-0.4, -0.2) is 8.07 Å². The third kappa shape index (κ3) is 4.27. The Bertz CT molecular complexity index is 1220. The summed E-state index contributed by atoms with van der Waals surface area (Å²) in [5, 5.41) is 4.02. The van der Waals surface area contributed by atoms with E-state index in [-0.39, 0.29) is 24.8 Å². The summed E-state index contributed by atoms with van der Waals surface area (Å²) in [6.45, 7) is 11.9. The van der Waals surface area contributed by atoms with Gasteiger partial charge in [-0.25, -0.2) is 0 Å². The van der Waals surface area contributed by atoms with Crippen LogP contribution in [0.5, 0.6) is 0 Å². The van der Waals surface area contributed by atoms with Gasteiger partial charge in [0.15, 0.2) is 0 Å². The van der Waals surface area contributed by atoms with E-state index in [0.717, 1.165) is 5.54 Å². The van der Waals surface area contributed by atoms with Crippen LogP contribution in [0.25, 0.3) is 22.4 Å². The molecule has 0 nitrogen and oxygen atoms in total. The number of thiophene rings is 1. The number of rotatable bonds is 2. The van der Waals surface area contributed by atoms with Crippen molar-refractivity contribution < 1.29 is 49.5 Å². The van der Waals surface area contributed by atoms with Crippen molar-refractivity contribution in [1.82, 2.24) is 0 Å². The van der Waals surface area contributed by atoms with E-state index >= 15 is 0 Å². The number of benzene rings is 2. The Morgan fingerprint density at radius 1 is 0.909 bits per heavy atom. The molecule has 3 heterocycles. The van der Waals surface area contributed by atoms with Crippen LogP contribution >= 0.6 is 11.3 Å². The number of halogens is 2. The van der Waals surface area contributed by atoms with Gasteiger partial charge < -0.3 is 24.8 Å². The van der Waals surface area contributed by atoms with Crippen LogP contribution in [-0.2, 0) is 24.7 Å². The molecule has 0 N–H and O–H groups in total. The van der Waals surface area contributed by atoms with Crippen molar-refractivity contribution in [2.24, 2.45) is 5.92 Å². The minimum atomic E-state index is -0.972. The summed E-state index contributed by atoms with van der Waals surface area (Å²) in [5.41, 5.74) is 11.5. The van der Waals surface area contributed by atoms with Gasteiger partial charge in [-0.3, -0.25) is 0 Å². The summed E-state index contributed by atoms with van der Waals surface area (Å²) in [6, 6.07) is 19.8. The van der Waals surface area contributed by atoms with E-state index in [1.165, 1.54) is 22.3 Å². The normalized spacial score (nSPS) is 20.5. The summed E-state index contributed by atoms with van der Waals surface area (Å²) in [6.07, 6.45) is 2.43. The summed E-state index contributed by atoms with van der Waals surface area (Å²) in [5.74, 6) is 0.639. The van der Waals surface area contributed by atoms with E-state index in [0.29, 0.717) is 9.54 Å². The van der Waals surface area contributed by atoms with Crippen LogP contribution < -0.4 is 24.8 Å². The molecule has 1 aromatic heterocycles. The predicted octanol–water partition coefficient (Wildman–Crippen LogP) is 2.42. The smallest absolute Gasteiger partial charge is 0.0941 e. The first-order chi connectivity index (χ1) is 14.8. The van der Waals surface area contributed by atoms with Crippen LogP contribution in [0.15, 0.2) is 71.1 Å². The molecule has 2 bridgehead atoms. The average molecular weight is 588 g/mol. The Morgan fingerprint density at radius 2 is 1.61 bits per heavy atom. The standard InChI is InChI=1S/C18H17.C10H12SSi.2ClH.Zr/c1-13(2)16-11-15-9-6-10-17(18(15)12-16)14-7-4-3-5-8-14;1-6-9-7-4-5-11-8(7)10(6)12(9,2)3;;;/h3-13H,1-2H3;4-5,9H,1-3H3;2*1H;/q;;;;+2/p-2. The molecule has 7 rings (SSSR count). The maximum atomic E-state index is 2.51. The van der Waals surface area contributed by atoms with Crippen molar-refractivity contribution in [3.63, 3.8) is 0 Å². The molecule has 0 saturated heterocycles. The van der Waals surface area contributed by atoms with Gasteiger partial charge in [0.2, 0.25) is 0 Å². The first kappa shape index (κ1) is 26.9. The Balaban J connectivity index is 0.000000190. The Morgan fingerprint density at radius 3 is 2.21 bits per heavy atom. The SMILES string of the molecule is CC(C)C1=Cc2c(-c3ccccc3)cccc2[CH]1[Zr+2].CC1=C2c3sccc3C1[Si]2(C)C.[Cl-].[Cl-]. The zero-order valence-corrected chi connectivity index (χ0v) is 25.5. The van der Waals surface area contributed by atoms with E-state index in [9.17, 15) is 0 Å². The second-order valence-corrected chi connectivity index (χ2v) is 16.7. The fourth-order valence-electron chi connectivity index (χ4n) is 5.90. The molecule has 2 atom stereocenters. The molecule has 33 heavy (non-hydrogen) atoms. The predicted molar refractivity (Wildman–Crippen MR) is 135 cm³/mol. The summed E-state index contributed by atoms with van der Waals surface area (Å²) < 4.78 is 0.644. The minimum Gasteiger partial charge on any atom is -1.00 e. The average Bonchev–Trinajstić information content (AvgIpc) is 3.45. The second kappa shape index (κ2) is 10.1. The topological polar surface area (TPSA) is 0 Å². The maximum absolute atomic E-state index is 2.51. The van der Waals surface area contributed by atoms with Gasteiger partial charge in [-0.2, -0.15) is 0 Å². The first-order valence-electron chi connectivity index (χ1n) is 11.2. The van der Waals surface area contributed by atoms with E-state index in [2.05, 4.69) is 99.9 Å². The zero-order valence-electron chi connectivity index (χ0n) is 19.7. The van der Waals surface area contributed by atoms with Crippen LogP contribution in [0, 0.1) is 5.92 Å². The summed E-state index contributed by atoms with van der Waals surface area (Å²) in [7, 11) is -0.972. The summed E-state index contributed by atoms with van der Waals surface area (Å²) in [4.78, 5) is 1.63. The molecule has 0 fully saturated rings. The van der Waals surface area contributed by atoms with Gasteiger partial charge in [0.25, 0.3) is 0 Å². The van der Waals surface area contributed by atoms with Crippen LogP contribution in [0.4, 0.5) is 0 Å². The molecule has 2 aliphatic carbocycles. The molecule has 3 aromatic rings. The Labute approximate surface area is 231 Å². The van der Waals surface area contributed by atoms with Crippen molar-refractivity contribution in [2.75, 3.05) is 0 Å². The zero-order chi connectivity index (χ0) is 21.9. The molecule has 0 radical (unpaired) electrons. The van der Waals surface area contributed by atoms with Crippen molar-refractivity contribution in [1.29, 1.82) is 0 Å². The molecule has 0 amide bonds. The maximum Gasteiger partial charge on any atom is 0.0941 e. The quantitative estimate of drug-likeness (QED) is 0.405. The molecule has 2 aromatic carbocycles. The van der Waals surface area contributed by atoms with Gasteiger partial charge in [-0.15, -0.1) is 11.3 Å². The van der Waals surface area contributed by atoms with Gasteiger partial charge in [0, 0.05) is 10.4 Å². The van der Waals surface area contributed by atoms with Gasteiger partial charge in [0.1, 0.15) is 0 Å². The molecule has 2 unspecified atom stereocenters. The largest absolute Gasteiger partial charge is 1.00 e.